The van der Waals surface area contributed by atoms with Crippen LogP contribution in [-0.2, 0) is 0 Å². The topological polar surface area (TPSA) is 23.5 Å². The Balaban J connectivity index is 2.30. The van der Waals surface area contributed by atoms with Gasteiger partial charge < -0.3 is 5.11 Å². The highest BCUT2D eigenvalue weighted by molar-refractivity contribution is 5.84. The van der Waals surface area contributed by atoms with E-state index in [4.69, 9.17) is 0 Å². The molecule has 0 spiro atoms. The second-order valence-corrected chi connectivity index (χ2v) is 4.32. The van der Waals surface area contributed by atoms with Crippen molar-refractivity contribution in [3.8, 4) is 11.1 Å². The monoisotopic (exact) mass is 265 g/mol. The first-order valence-corrected chi connectivity index (χ1v) is 5.72. The van der Waals surface area contributed by atoms with Gasteiger partial charge in [-0.15, -0.1) is 13.2 Å². The van der Waals surface area contributed by atoms with Crippen molar-refractivity contribution in [2.75, 3.05) is 4.90 Å². The molecule has 5 heteroatoms. The molecule has 0 saturated carbocycles. The maximum Gasteiger partial charge on any atom is 0.487 e. The van der Waals surface area contributed by atoms with Crippen LogP contribution in [0.15, 0.2) is 48.5 Å². The molecule has 0 bridgehead atoms. The average molecular weight is 265 g/mol. The molecule has 1 aliphatic heterocycles. The summed E-state index contributed by atoms with van der Waals surface area (Å²) in [6.07, 6.45) is -6.35. The van der Waals surface area contributed by atoms with E-state index in [9.17, 15) is 18.3 Å². The third-order valence-electron chi connectivity index (χ3n) is 3.21. The minimum absolute atomic E-state index is 0.0267. The predicted molar refractivity (Wildman–Crippen MR) is 65.4 cm³/mol. The number of aliphatic hydroxyl groups excluding tert-OH is 1. The number of anilines is 1. The van der Waals surface area contributed by atoms with Crippen LogP contribution < -0.4 is 4.90 Å². The molecule has 1 atom stereocenters. The van der Waals surface area contributed by atoms with E-state index < -0.39 is 12.5 Å². The van der Waals surface area contributed by atoms with Gasteiger partial charge in [-0.05, 0) is 11.6 Å². The third kappa shape index (κ3) is 1.77. The van der Waals surface area contributed by atoms with Crippen LogP contribution in [0, 0.1) is 0 Å². The van der Waals surface area contributed by atoms with Gasteiger partial charge in [-0.2, -0.15) is 0 Å². The minimum atomic E-state index is -4.64. The van der Waals surface area contributed by atoms with E-state index in [-0.39, 0.29) is 16.2 Å². The molecule has 3 rings (SSSR count). The molecule has 0 aliphatic carbocycles. The summed E-state index contributed by atoms with van der Waals surface area (Å²) in [6.45, 7) is 0. The molecule has 2 aromatic carbocycles. The fraction of sp³-hybridized carbons (Fsp3) is 0.143. The van der Waals surface area contributed by atoms with E-state index in [2.05, 4.69) is 0 Å². The van der Waals surface area contributed by atoms with Crippen LogP contribution in [-0.4, -0.2) is 11.4 Å². The van der Waals surface area contributed by atoms with Gasteiger partial charge in [-0.3, -0.25) is 4.90 Å². The van der Waals surface area contributed by atoms with Gasteiger partial charge in [0.1, 0.15) is 0 Å². The van der Waals surface area contributed by atoms with Gasteiger partial charge in [0.2, 0.25) is 0 Å². The van der Waals surface area contributed by atoms with Crippen molar-refractivity contribution < 1.29 is 18.3 Å². The number of rotatable bonds is 0. The zero-order valence-electron chi connectivity index (χ0n) is 9.72. The van der Waals surface area contributed by atoms with Crippen LogP contribution >= 0.6 is 0 Å². The van der Waals surface area contributed by atoms with Crippen LogP contribution in [0.25, 0.3) is 11.1 Å². The fourth-order valence-electron chi connectivity index (χ4n) is 2.42. The van der Waals surface area contributed by atoms with Gasteiger partial charge in [0.05, 0.1) is 5.69 Å². The van der Waals surface area contributed by atoms with Crippen molar-refractivity contribution in [3.05, 3.63) is 54.1 Å². The minimum Gasteiger partial charge on any atom is -0.369 e. The van der Waals surface area contributed by atoms with Crippen molar-refractivity contribution in [1.82, 2.24) is 0 Å². The normalized spacial score (nSPS) is 17.9. The molecular weight excluding hydrogens is 255 g/mol. The molecule has 19 heavy (non-hydrogen) atoms. The zero-order valence-corrected chi connectivity index (χ0v) is 9.72. The van der Waals surface area contributed by atoms with Crippen molar-refractivity contribution in [2.45, 2.75) is 12.5 Å². The van der Waals surface area contributed by atoms with Crippen LogP contribution in [0.4, 0.5) is 18.9 Å². The molecule has 1 N–H and O–H groups in total. The summed E-state index contributed by atoms with van der Waals surface area (Å²) in [7, 11) is 0. The smallest absolute Gasteiger partial charge is 0.369 e. The van der Waals surface area contributed by atoms with E-state index >= 15 is 0 Å². The molecule has 1 aliphatic rings. The van der Waals surface area contributed by atoms with Gasteiger partial charge in [0.15, 0.2) is 6.23 Å². The fourth-order valence-corrected chi connectivity index (χ4v) is 2.42. The summed E-state index contributed by atoms with van der Waals surface area (Å²) in [5.74, 6) is 0. The molecule has 0 saturated heterocycles. The summed E-state index contributed by atoms with van der Waals surface area (Å²) in [5.41, 5.74) is 1.34. The van der Waals surface area contributed by atoms with Gasteiger partial charge in [0, 0.05) is 11.1 Å². The van der Waals surface area contributed by atoms with Crippen LogP contribution in [0.2, 0.25) is 0 Å². The maximum absolute atomic E-state index is 13.1. The number of alkyl halides is 3. The van der Waals surface area contributed by atoms with E-state index in [0.717, 1.165) is 0 Å². The number of para-hydroxylation sites is 1. The van der Waals surface area contributed by atoms with Crippen molar-refractivity contribution >= 4 is 5.69 Å². The van der Waals surface area contributed by atoms with Gasteiger partial charge in [0.25, 0.3) is 0 Å². The van der Waals surface area contributed by atoms with Crippen LogP contribution in [0.1, 0.15) is 11.8 Å². The Labute approximate surface area is 107 Å². The summed E-state index contributed by atoms with van der Waals surface area (Å²) in [5, 5.41) is 10.0. The van der Waals surface area contributed by atoms with Crippen LogP contribution in [0.3, 0.4) is 0 Å². The lowest BCUT2D eigenvalue weighted by atomic mass is 9.92. The molecule has 0 radical (unpaired) electrons. The summed E-state index contributed by atoms with van der Waals surface area (Å²) >= 11 is 0. The lowest BCUT2D eigenvalue weighted by Gasteiger charge is -2.37. The molecular formula is C14H10F3NO. The number of benzene rings is 2. The zero-order chi connectivity index (χ0) is 13.6. The number of fused-ring (bicyclic) bond motifs is 3. The Morgan fingerprint density at radius 3 is 2.16 bits per heavy atom. The lowest BCUT2D eigenvalue weighted by Crippen LogP contribution is -2.43. The first-order chi connectivity index (χ1) is 9.00. The highest BCUT2D eigenvalue weighted by atomic mass is 19.4. The largest absolute Gasteiger partial charge is 0.487 e. The molecule has 98 valence electrons. The van der Waals surface area contributed by atoms with E-state index in [1.807, 2.05) is 0 Å². The van der Waals surface area contributed by atoms with Crippen LogP contribution in [0.5, 0.6) is 0 Å². The SMILES string of the molecule is OC1c2ccccc2-c2ccccc2N1C(F)(F)F. The summed E-state index contributed by atoms with van der Waals surface area (Å²) in [6, 6.07) is 12.8. The Kier molecular flexibility index (Phi) is 2.53. The van der Waals surface area contributed by atoms with Crippen molar-refractivity contribution in [1.29, 1.82) is 0 Å². The molecule has 0 fully saturated rings. The Hall–Kier alpha value is -2.01. The first kappa shape index (κ1) is 12.0. The second-order valence-electron chi connectivity index (χ2n) is 4.32. The lowest BCUT2D eigenvalue weighted by molar-refractivity contribution is -0.150. The number of hydrogen-bond acceptors (Lipinski definition) is 2. The third-order valence-corrected chi connectivity index (χ3v) is 3.21. The highest BCUT2D eigenvalue weighted by Crippen LogP contribution is 2.47. The summed E-state index contributed by atoms with van der Waals surface area (Å²) in [4.78, 5) is 0.0880. The average Bonchev–Trinajstić information content (AvgIpc) is 2.38. The first-order valence-electron chi connectivity index (χ1n) is 5.72. The number of aliphatic hydroxyl groups is 1. The van der Waals surface area contributed by atoms with Crippen molar-refractivity contribution in [2.24, 2.45) is 0 Å². The standard InChI is InChI=1S/C14H10F3NO/c15-14(16,17)18-12-8-4-3-6-10(12)9-5-1-2-7-11(9)13(18)19/h1-8,13,19H. The van der Waals surface area contributed by atoms with Gasteiger partial charge in [-0.25, -0.2) is 0 Å². The summed E-state index contributed by atoms with van der Waals surface area (Å²) < 4.78 is 39.4. The number of hydrogen-bond donors (Lipinski definition) is 1. The Morgan fingerprint density at radius 2 is 1.47 bits per heavy atom. The molecule has 2 aromatic rings. The molecule has 1 unspecified atom stereocenters. The predicted octanol–water partition coefficient (Wildman–Crippen LogP) is 3.68. The molecule has 1 heterocycles. The highest BCUT2D eigenvalue weighted by Gasteiger charge is 2.45. The quantitative estimate of drug-likeness (QED) is 0.734. The Morgan fingerprint density at radius 1 is 0.895 bits per heavy atom. The molecule has 2 nitrogen and oxygen atoms in total. The number of nitrogens with zero attached hydrogens (tertiary/aromatic N) is 1. The van der Waals surface area contributed by atoms with E-state index in [1.54, 1.807) is 30.3 Å². The molecule has 0 aromatic heterocycles. The van der Waals surface area contributed by atoms with Crippen molar-refractivity contribution in [3.63, 3.8) is 0 Å². The van der Waals surface area contributed by atoms with Gasteiger partial charge >= 0.3 is 6.30 Å². The second kappa shape index (κ2) is 3.99. The number of halogens is 3. The van der Waals surface area contributed by atoms with E-state index in [0.29, 0.717) is 11.1 Å². The maximum atomic E-state index is 13.1. The van der Waals surface area contributed by atoms with Gasteiger partial charge in [-0.1, -0.05) is 42.5 Å². The molecule has 0 amide bonds. The van der Waals surface area contributed by atoms with E-state index in [1.165, 1.54) is 18.2 Å². The Bertz CT molecular complexity index is 624.